The van der Waals surface area contributed by atoms with E-state index < -0.39 is 11.9 Å². The van der Waals surface area contributed by atoms with Gasteiger partial charge in [0.05, 0.1) is 44.2 Å². The first kappa shape index (κ1) is 36.0. The number of carbonyl (C=O) groups is 2. The van der Waals surface area contributed by atoms with Crippen molar-refractivity contribution in [3.05, 3.63) is 47.2 Å². The molecule has 0 aliphatic heterocycles. The smallest absolute Gasteiger partial charge is 0.343 e. The predicted octanol–water partition coefficient (Wildman–Crippen LogP) is 5.15. The number of rotatable bonds is 15. The van der Waals surface area contributed by atoms with Crippen LogP contribution in [0.25, 0.3) is 11.8 Å². The summed E-state index contributed by atoms with van der Waals surface area (Å²) in [4.78, 5) is 33.5. The summed E-state index contributed by atoms with van der Waals surface area (Å²) in [6, 6.07) is 1.36. The van der Waals surface area contributed by atoms with Gasteiger partial charge in [0.25, 0.3) is 5.95 Å². The molecule has 51 heavy (non-hydrogen) atoms. The van der Waals surface area contributed by atoms with Gasteiger partial charge < -0.3 is 19.9 Å². The van der Waals surface area contributed by atoms with E-state index in [0.717, 1.165) is 25.7 Å². The van der Waals surface area contributed by atoms with Crippen molar-refractivity contribution in [2.75, 3.05) is 26.6 Å². The summed E-state index contributed by atoms with van der Waals surface area (Å²) in [7, 11) is 7.52. The normalized spacial score (nSPS) is 11.6. The Morgan fingerprint density at radius 2 is 1.43 bits per heavy atom. The highest BCUT2D eigenvalue weighted by atomic mass is 16.5. The van der Waals surface area contributed by atoms with E-state index in [9.17, 15) is 14.7 Å². The first-order valence-electron chi connectivity index (χ1n) is 16.1. The van der Waals surface area contributed by atoms with Gasteiger partial charge in [0.2, 0.25) is 5.88 Å². The number of azo groups is 2. The zero-order valence-corrected chi connectivity index (χ0v) is 29.4. The number of aromatic nitrogens is 10. The average Bonchev–Trinajstić information content (AvgIpc) is 3.90. The van der Waals surface area contributed by atoms with Crippen LogP contribution < -0.4 is 5.32 Å². The van der Waals surface area contributed by atoms with Crippen LogP contribution in [0.15, 0.2) is 45.1 Å². The van der Waals surface area contributed by atoms with Gasteiger partial charge in [0.1, 0.15) is 16.8 Å². The van der Waals surface area contributed by atoms with Gasteiger partial charge in [-0.2, -0.15) is 35.0 Å². The van der Waals surface area contributed by atoms with Gasteiger partial charge in [-0.25, -0.2) is 23.6 Å². The summed E-state index contributed by atoms with van der Waals surface area (Å²) >= 11 is 0. The van der Waals surface area contributed by atoms with E-state index in [1.807, 2.05) is 0 Å². The Morgan fingerprint density at radius 3 is 2.00 bits per heavy atom. The van der Waals surface area contributed by atoms with Crippen molar-refractivity contribution in [2.45, 2.75) is 52.4 Å². The van der Waals surface area contributed by atoms with Crippen LogP contribution in [0.1, 0.15) is 71.6 Å². The largest absolute Gasteiger partial charge is 0.493 e. The molecule has 0 saturated carbocycles. The van der Waals surface area contributed by atoms with E-state index >= 15 is 0 Å². The van der Waals surface area contributed by atoms with Crippen molar-refractivity contribution >= 4 is 40.8 Å². The highest BCUT2D eigenvalue weighted by molar-refractivity contribution is 5.94. The monoisotopic (exact) mass is 701 g/mol. The number of methoxy groups -OCH3 is 2. The van der Waals surface area contributed by atoms with Gasteiger partial charge in [-0.3, -0.25) is 0 Å². The number of ether oxygens (including phenoxy) is 2. The number of esters is 2. The highest BCUT2D eigenvalue weighted by Crippen LogP contribution is 2.35. The Hall–Kier alpha value is -6.34. The molecule has 20 heteroatoms. The molecule has 0 fully saturated rings. The summed E-state index contributed by atoms with van der Waals surface area (Å²) in [5.41, 5.74) is 2.35. The third-order valence-corrected chi connectivity index (χ3v) is 7.70. The fraction of sp³-hybridized carbons (Fsp3) is 0.419. The molecule has 5 aromatic rings. The quantitative estimate of drug-likeness (QED) is 0.107. The van der Waals surface area contributed by atoms with Crippen molar-refractivity contribution in [3.8, 4) is 17.6 Å². The zero-order valence-electron chi connectivity index (χ0n) is 29.4. The van der Waals surface area contributed by atoms with Crippen LogP contribution in [-0.4, -0.2) is 87.4 Å². The number of carbonyl (C=O) groups excluding carboxylic acids is 2. The third kappa shape index (κ3) is 7.63. The predicted molar refractivity (Wildman–Crippen MR) is 182 cm³/mol. The van der Waals surface area contributed by atoms with Gasteiger partial charge in [0, 0.05) is 27.2 Å². The van der Waals surface area contributed by atoms with Crippen molar-refractivity contribution in [1.29, 1.82) is 0 Å². The fourth-order valence-corrected chi connectivity index (χ4v) is 5.00. The molecular weight excluding hydrogens is 662 g/mol. The maximum absolute atomic E-state index is 12.3. The number of unbranched alkanes of at least 4 members (excludes halogenated alkanes) is 2. The van der Waals surface area contributed by atoms with Crippen molar-refractivity contribution in [3.63, 3.8) is 0 Å². The van der Waals surface area contributed by atoms with E-state index in [1.165, 1.54) is 51.4 Å². The molecule has 0 amide bonds. The maximum atomic E-state index is 12.3. The van der Waals surface area contributed by atoms with Crippen molar-refractivity contribution < 1.29 is 24.2 Å². The Kier molecular flexibility index (Phi) is 11.2. The number of aryl methyl sites for hydroxylation is 4. The molecule has 5 aromatic heterocycles. The topological polar surface area (TPSA) is 231 Å². The number of nitrogens with zero attached hydrogens (tertiary/aromatic N) is 14. The number of aromatic hydroxyl groups is 1. The minimum Gasteiger partial charge on any atom is -0.493 e. The molecule has 2 N–H and O–H groups in total. The second kappa shape index (κ2) is 15.9. The first-order valence-corrected chi connectivity index (χ1v) is 16.1. The average molecular weight is 702 g/mol. The lowest BCUT2D eigenvalue weighted by Crippen LogP contribution is -2.09. The fourth-order valence-electron chi connectivity index (χ4n) is 5.00. The molecule has 5 heterocycles. The Bertz CT molecular complexity index is 2090. The van der Waals surface area contributed by atoms with E-state index in [-0.39, 0.29) is 40.4 Å². The lowest BCUT2D eigenvalue weighted by Gasteiger charge is -2.08. The first-order chi connectivity index (χ1) is 24.6. The Labute approximate surface area is 292 Å². The number of hydrogen-bond donors (Lipinski definition) is 2. The Morgan fingerprint density at radius 1 is 0.843 bits per heavy atom. The minimum atomic E-state index is -0.596. The summed E-state index contributed by atoms with van der Waals surface area (Å²) in [6.07, 6.45) is 8.88. The number of nitrogens with one attached hydrogen (secondary N) is 1. The molecule has 0 aliphatic carbocycles. The van der Waals surface area contributed by atoms with Gasteiger partial charge in [0.15, 0.2) is 29.0 Å². The zero-order chi connectivity index (χ0) is 36.7. The van der Waals surface area contributed by atoms with Crippen LogP contribution in [0, 0.1) is 0 Å². The van der Waals surface area contributed by atoms with Gasteiger partial charge in [-0.15, -0.1) is 20.5 Å². The molecule has 0 unspecified atom stereocenters. The van der Waals surface area contributed by atoms with Gasteiger partial charge in [-0.05, 0) is 25.7 Å². The van der Waals surface area contributed by atoms with Crippen LogP contribution in [0.2, 0.25) is 0 Å². The van der Waals surface area contributed by atoms with E-state index in [4.69, 9.17) is 19.6 Å². The molecule has 0 bridgehead atoms. The summed E-state index contributed by atoms with van der Waals surface area (Å²) in [5, 5.41) is 49.2. The molecule has 0 spiro atoms. The lowest BCUT2D eigenvalue weighted by molar-refractivity contribution is 0.0592. The lowest BCUT2D eigenvalue weighted by atomic mass is 10.2. The summed E-state index contributed by atoms with van der Waals surface area (Å²) in [5.74, 6) is -0.443. The minimum absolute atomic E-state index is 0.0356. The molecule has 0 aliphatic rings. The van der Waals surface area contributed by atoms with Crippen LogP contribution in [0.5, 0.6) is 5.88 Å². The van der Waals surface area contributed by atoms with E-state index in [1.54, 1.807) is 27.3 Å². The van der Waals surface area contributed by atoms with E-state index in [0.29, 0.717) is 41.4 Å². The van der Waals surface area contributed by atoms with Gasteiger partial charge >= 0.3 is 11.9 Å². The second-order valence-corrected chi connectivity index (χ2v) is 11.2. The summed E-state index contributed by atoms with van der Waals surface area (Å²) < 4.78 is 15.4. The van der Waals surface area contributed by atoms with Crippen LogP contribution in [-0.2, 0) is 36.4 Å². The number of hydrogen-bond acceptors (Lipinski definition) is 16. The molecule has 20 nitrogen and oxygen atoms in total. The van der Waals surface area contributed by atoms with Crippen molar-refractivity contribution in [1.82, 2.24) is 49.1 Å². The molecule has 0 radical (unpaired) electrons. The molecule has 0 saturated heterocycles. The molecule has 0 atom stereocenters. The molecular formula is C31H39N15O5. The standard InChI is InChI=1S/C31H39N15O5/c1-8-10-12-20-22(37-39-26-18(29(48)50-6)15-33-43(26)4)17-45(41-20)31-35-23(14-24(47)36-31)46-28(32-3)25(21(42-46)13-11-9-2)38-40-27-19(30(49)51-7)16-34-44(27)5/h14-17,32H,8-13H2,1-7H3,(H,35,36,47)/b39-37+,40-38+. The van der Waals surface area contributed by atoms with E-state index in [2.05, 4.69) is 59.9 Å². The molecule has 0 aromatic carbocycles. The second-order valence-electron chi connectivity index (χ2n) is 11.2. The third-order valence-electron chi connectivity index (χ3n) is 7.70. The highest BCUT2D eigenvalue weighted by Gasteiger charge is 2.23. The molecule has 268 valence electrons. The SMILES string of the molecule is CCCCc1nn(-c2nc(O)cc(-n3nc(CCCC)c(/N=N/c4c(C(=O)OC)cnn4C)c3NC)n2)cc1/N=N/c1c(C(=O)OC)cnn1C. The van der Waals surface area contributed by atoms with Crippen LogP contribution in [0.3, 0.4) is 0 Å². The van der Waals surface area contributed by atoms with Crippen LogP contribution >= 0.6 is 0 Å². The van der Waals surface area contributed by atoms with Crippen LogP contribution in [0.4, 0.5) is 28.8 Å². The maximum Gasteiger partial charge on any atom is 0.343 e. The Balaban J connectivity index is 1.57. The summed E-state index contributed by atoms with van der Waals surface area (Å²) in [6.45, 7) is 4.12. The van der Waals surface area contributed by atoms with Gasteiger partial charge in [-0.1, -0.05) is 26.7 Å². The number of anilines is 1. The van der Waals surface area contributed by atoms with Crippen molar-refractivity contribution in [2.24, 2.45) is 34.6 Å². The molecule has 5 rings (SSSR count).